The van der Waals surface area contributed by atoms with E-state index in [9.17, 15) is 4.79 Å². The molecule has 0 bridgehead atoms. The topological polar surface area (TPSA) is 41.2 Å². The molecule has 0 aromatic carbocycles. The van der Waals surface area contributed by atoms with Crippen molar-refractivity contribution < 1.29 is 14.5 Å². The van der Waals surface area contributed by atoms with E-state index in [4.69, 9.17) is 5.11 Å². The highest BCUT2D eigenvalue weighted by Crippen LogP contribution is 2.05. The van der Waals surface area contributed by atoms with Crippen LogP contribution in [0.3, 0.4) is 0 Å². The molecule has 0 aliphatic carbocycles. The highest BCUT2D eigenvalue weighted by atomic mass is 16.4. The largest absolute Gasteiger partial charge is 0.481 e. The molecule has 0 atom stereocenters. The van der Waals surface area contributed by atoms with Gasteiger partial charge in [0.15, 0.2) is 11.9 Å². The van der Waals surface area contributed by atoms with Crippen LogP contribution in [-0.2, 0) is 24.2 Å². The maximum atomic E-state index is 10.8. The van der Waals surface area contributed by atoms with Gasteiger partial charge in [0.25, 0.3) is 0 Å². The van der Waals surface area contributed by atoms with E-state index in [1.165, 1.54) is 5.56 Å². The van der Waals surface area contributed by atoms with Crippen LogP contribution in [0.15, 0.2) is 18.3 Å². The Morgan fingerprint density at radius 1 is 1.38 bits per heavy atom. The fourth-order valence-electron chi connectivity index (χ4n) is 1.84. The summed E-state index contributed by atoms with van der Waals surface area (Å²) in [6, 6.07) is 4.11. The summed E-state index contributed by atoms with van der Waals surface area (Å²) < 4.78 is 2.04. The number of pyridine rings is 1. The van der Waals surface area contributed by atoms with Crippen LogP contribution in [0.25, 0.3) is 0 Å². The summed E-state index contributed by atoms with van der Waals surface area (Å²) in [6.45, 7) is 5.11. The zero-order chi connectivity index (χ0) is 12.0. The van der Waals surface area contributed by atoms with E-state index in [0.29, 0.717) is 0 Å². The molecule has 0 aliphatic heterocycles. The number of rotatable bonds is 6. The first-order chi connectivity index (χ1) is 7.67. The number of hydrogen-bond acceptors (Lipinski definition) is 1. The molecule has 0 saturated carbocycles. The molecule has 1 rings (SSSR count). The van der Waals surface area contributed by atoms with E-state index < -0.39 is 5.97 Å². The van der Waals surface area contributed by atoms with E-state index in [-0.39, 0.29) is 6.42 Å². The molecular weight excluding hydrogens is 202 g/mol. The van der Waals surface area contributed by atoms with Crippen molar-refractivity contribution in [3.63, 3.8) is 0 Å². The Morgan fingerprint density at radius 2 is 2.12 bits per heavy atom. The third-order valence-electron chi connectivity index (χ3n) is 2.53. The van der Waals surface area contributed by atoms with E-state index in [1.807, 2.05) is 16.8 Å². The van der Waals surface area contributed by atoms with Crippen molar-refractivity contribution in [2.45, 2.75) is 46.1 Å². The molecule has 1 aromatic rings. The molecule has 16 heavy (non-hydrogen) atoms. The number of aliphatic carboxylic acids is 1. The van der Waals surface area contributed by atoms with Gasteiger partial charge in [0.2, 0.25) is 0 Å². The quantitative estimate of drug-likeness (QED) is 0.748. The van der Waals surface area contributed by atoms with Crippen molar-refractivity contribution in [2.75, 3.05) is 0 Å². The van der Waals surface area contributed by atoms with E-state index >= 15 is 0 Å². The minimum Gasteiger partial charge on any atom is -0.481 e. The fraction of sp³-hybridized carbons (Fsp3) is 0.538. The number of aromatic nitrogens is 1. The van der Waals surface area contributed by atoms with Crippen molar-refractivity contribution in [3.8, 4) is 0 Å². The number of nitrogens with zero attached hydrogens (tertiary/aromatic N) is 1. The zero-order valence-corrected chi connectivity index (χ0v) is 10.1. The van der Waals surface area contributed by atoms with E-state index in [2.05, 4.69) is 19.9 Å². The van der Waals surface area contributed by atoms with Crippen LogP contribution in [0.1, 0.15) is 37.9 Å². The Bertz CT molecular complexity index is 361. The van der Waals surface area contributed by atoms with Gasteiger partial charge in [-0.2, -0.15) is 0 Å². The first-order valence-corrected chi connectivity index (χ1v) is 5.90. The van der Waals surface area contributed by atoms with Crippen LogP contribution in [-0.4, -0.2) is 11.1 Å². The van der Waals surface area contributed by atoms with Crippen LogP contribution in [0.5, 0.6) is 0 Å². The predicted octanol–water partition coefficient (Wildman–Crippen LogP) is 1.96. The van der Waals surface area contributed by atoms with Gasteiger partial charge in [-0.25, -0.2) is 4.57 Å². The number of carboxylic acid groups (broad SMARTS) is 1. The van der Waals surface area contributed by atoms with Crippen molar-refractivity contribution in [1.29, 1.82) is 0 Å². The maximum absolute atomic E-state index is 10.8. The molecule has 0 aliphatic rings. The normalized spacial score (nSPS) is 10.4. The van der Waals surface area contributed by atoms with Gasteiger partial charge in [-0.3, -0.25) is 4.79 Å². The molecule has 3 heteroatoms. The van der Waals surface area contributed by atoms with Crippen LogP contribution in [0, 0.1) is 0 Å². The van der Waals surface area contributed by atoms with Gasteiger partial charge >= 0.3 is 5.97 Å². The second kappa shape index (κ2) is 6.26. The summed E-state index contributed by atoms with van der Waals surface area (Å²) in [7, 11) is 0. The molecule has 1 heterocycles. The second-order valence-electron chi connectivity index (χ2n) is 4.04. The Balaban J connectivity index is 2.95. The monoisotopic (exact) mass is 222 g/mol. The summed E-state index contributed by atoms with van der Waals surface area (Å²) in [5.41, 5.74) is 2.13. The Hall–Kier alpha value is -1.38. The van der Waals surface area contributed by atoms with Gasteiger partial charge in [-0.1, -0.05) is 20.3 Å². The third-order valence-corrected chi connectivity index (χ3v) is 2.53. The minimum absolute atomic E-state index is 0.109. The molecule has 0 radical (unpaired) electrons. The summed E-state index contributed by atoms with van der Waals surface area (Å²) in [5.74, 6) is -0.765. The number of carbonyl (C=O) groups is 1. The van der Waals surface area contributed by atoms with Crippen molar-refractivity contribution >= 4 is 5.97 Å². The molecule has 3 nitrogen and oxygen atoms in total. The fourth-order valence-corrected chi connectivity index (χ4v) is 1.84. The molecule has 0 saturated heterocycles. The zero-order valence-electron chi connectivity index (χ0n) is 10.1. The lowest BCUT2D eigenvalue weighted by Crippen LogP contribution is -2.39. The van der Waals surface area contributed by atoms with Gasteiger partial charge in [0, 0.05) is 18.6 Å². The van der Waals surface area contributed by atoms with Gasteiger partial charge < -0.3 is 5.11 Å². The molecule has 0 unspecified atom stereocenters. The van der Waals surface area contributed by atoms with Gasteiger partial charge in [0.05, 0.1) is 0 Å². The SMILES string of the molecule is CCCc1cc[n+](CCC)c(CC(=O)O)c1. The summed E-state index contributed by atoms with van der Waals surface area (Å²) in [4.78, 5) is 10.8. The molecular formula is C13H20NO2+. The lowest BCUT2D eigenvalue weighted by Gasteiger charge is -2.04. The standard InChI is InChI=1S/C13H19NO2/c1-3-5-11-6-8-14(7-4-2)12(9-11)10-13(15)16/h6,8-9H,3-5,7,10H2,1-2H3/p+1. The molecule has 1 N–H and O–H groups in total. The van der Waals surface area contributed by atoms with Crippen molar-refractivity contribution in [2.24, 2.45) is 0 Å². The van der Waals surface area contributed by atoms with Crippen molar-refractivity contribution in [1.82, 2.24) is 0 Å². The number of aryl methyl sites for hydroxylation is 2. The third kappa shape index (κ3) is 3.65. The second-order valence-corrected chi connectivity index (χ2v) is 4.04. The Labute approximate surface area is 96.7 Å². The maximum Gasteiger partial charge on any atom is 0.314 e. The van der Waals surface area contributed by atoms with Gasteiger partial charge in [-0.15, -0.1) is 0 Å². The predicted molar refractivity (Wildman–Crippen MR) is 62.3 cm³/mol. The Morgan fingerprint density at radius 3 is 2.69 bits per heavy atom. The van der Waals surface area contributed by atoms with Crippen LogP contribution in [0.4, 0.5) is 0 Å². The summed E-state index contributed by atoms with van der Waals surface area (Å²) in [5, 5.41) is 8.87. The average Bonchev–Trinajstić information content (AvgIpc) is 2.22. The van der Waals surface area contributed by atoms with Crippen LogP contribution < -0.4 is 4.57 Å². The smallest absolute Gasteiger partial charge is 0.314 e. The highest BCUT2D eigenvalue weighted by Gasteiger charge is 2.14. The van der Waals surface area contributed by atoms with E-state index in [1.54, 1.807) is 0 Å². The minimum atomic E-state index is -0.765. The lowest BCUT2D eigenvalue weighted by molar-refractivity contribution is -0.703. The van der Waals surface area contributed by atoms with E-state index in [0.717, 1.165) is 31.5 Å². The first-order valence-electron chi connectivity index (χ1n) is 5.90. The average molecular weight is 222 g/mol. The van der Waals surface area contributed by atoms with Gasteiger partial charge in [0.1, 0.15) is 13.0 Å². The van der Waals surface area contributed by atoms with Crippen LogP contribution >= 0.6 is 0 Å². The van der Waals surface area contributed by atoms with Crippen LogP contribution in [0.2, 0.25) is 0 Å². The molecule has 88 valence electrons. The lowest BCUT2D eigenvalue weighted by atomic mass is 10.1. The molecule has 0 amide bonds. The summed E-state index contributed by atoms with van der Waals surface area (Å²) >= 11 is 0. The first kappa shape index (κ1) is 12.7. The Kier molecular flexibility index (Phi) is 4.96. The van der Waals surface area contributed by atoms with Crippen molar-refractivity contribution in [3.05, 3.63) is 29.6 Å². The summed E-state index contributed by atoms with van der Waals surface area (Å²) in [6.07, 6.45) is 5.23. The number of carboxylic acids is 1. The van der Waals surface area contributed by atoms with Gasteiger partial charge in [-0.05, 0) is 12.0 Å². The highest BCUT2D eigenvalue weighted by molar-refractivity contribution is 5.69. The molecule has 0 spiro atoms. The molecule has 1 aromatic heterocycles. The molecule has 0 fully saturated rings. The number of hydrogen-bond donors (Lipinski definition) is 1.